The molecule has 0 radical (unpaired) electrons. The van der Waals surface area contributed by atoms with Gasteiger partial charge < -0.3 is 15.7 Å². The highest BCUT2D eigenvalue weighted by Gasteiger charge is 2.26. The lowest BCUT2D eigenvalue weighted by molar-refractivity contribution is 0.119. The Kier molecular flexibility index (Phi) is 3.14. The van der Waals surface area contributed by atoms with Crippen LogP contribution in [-0.2, 0) is 5.41 Å². The Morgan fingerprint density at radius 1 is 1.56 bits per heavy atom. The van der Waals surface area contributed by atoms with Crippen molar-refractivity contribution in [3.8, 4) is 0 Å². The Bertz CT molecular complexity index is 356. The van der Waals surface area contributed by atoms with Crippen molar-refractivity contribution in [3.05, 3.63) is 5.82 Å². The molecular formula is C10H18N4OS. The molecule has 1 aromatic heterocycles. The van der Waals surface area contributed by atoms with Crippen LogP contribution in [-0.4, -0.2) is 33.3 Å². The summed E-state index contributed by atoms with van der Waals surface area (Å²) in [5.74, 6) is 0.814. The van der Waals surface area contributed by atoms with Gasteiger partial charge in [0.15, 0.2) is 0 Å². The molecule has 16 heavy (non-hydrogen) atoms. The van der Waals surface area contributed by atoms with Gasteiger partial charge in [-0.3, -0.25) is 0 Å². The fourth-order valence-corrected chi connectivity index (χ4v) is 2.18. The normalized spacial score (nSPS) is 22.6. The van der Waals surface area contributed by atoms with E-state index in [9.17, 15) is 5.11 Å². The van der Waals surface area contributed by atoms with Crippen LogP contribution in [0.2, 0.25) is 0 Å². The van der Waals surface area contributed by atoms with E-state index >= 15 is 0 Å². The molecule has 0 bridgehead atoms. The minimum atomic E-state index is -0.575. The van der Waals surface area contributed by atoms with E-state index in [2.05, 4.69) is 40.8 Å². The fraction of sp³-hybridized carbons (Fsp3) is 0.800. The molecule has 0 aromatic carbocycles. The van der Waals surface area contributed by atoms with Crippen LogP contribution in [0.5, 0.6) is 0 Å². The zero-order valence-corrected chi connectivity index (χ0v) is 10.6. The molecule has 3 N–H and O–H groups in total. The molecule has 6 heteroatoms. The van der Waals surface area contributed by atoms with Gasteiger partial charge in [-0.1, -0.05) is 20.8 Å². The summed E-state index contributed by atoms with van der Waals surface area (Å²) < 4.78 is 4.28. The van der Waals surface area contributed by atoms with Crippen LogP contribution in [0, 0.1) is 0 Å². The number of aliphatic hydroxyl groups is 1. The topological polar surface area (TPSA) is 70.1 Å². The van der Waals surface area contributed by atoms with Crippen molar-refractivity contribution in [2.75, 3.05) is 11.9 Å². The molecule has 0 amide bonds. The SMILES string of the molecule is CC(C)(C)c1nsc(NC(O)[C@@H]2CCN2)n1. The number of hydrogen-bond acceptors (Lipinski definition) is 6. The summed E-state index contributed by atoms with van der Waals surface area (Å²) in [5, 5.41) is 16.6. The molecule has 2 heterocycles. The first-order valence-corrected chi connectivity index (χ1v) is 6.26. The first-order valence-electron chi connectivity index (χ1n) is 5.49. The van der Waals surface area contributed by atoms with E-state index in [0.717, 1.165) is 18.8 Å². The highest BCUT2D eigenvalue weighted by atomic mass is 32.1. The Morgan fingerprint density at radius 3 is 2.69 bits per heavy atom. The highest BCUT2D eigenvalue weighted by Crippen LogP contribution is 2.23. The van der Waals surface area contributed by atoms with Crippen LogP contribution in [0.4, 0.5) is 5.13 Å². The van der Waals surface area contributed by atoms with Crippen molar-refractivity contribution < 1.29 is 5.11 Å². The fourth-order valence-electron chi connectivity index (χ4n) is 1.39. The summed E-state index contributed by atoms with van der Waals surface area (Å²) in [7, 11) is 0. The van der Waals surface area contributed by atoms with Crippen molar-refractivity contribution >= 4 is 16.7 Å². The molecule has 0 spiro atoms. The molecule has 1 unspecified atom stereocenters. The number of nitrogens with zero attached hydrogens (tertiary/aromatic N) is 2. The van der Waals surface area contributed by atoms with Crippen molar-refractivity contribution in [1.29, 1.82) is 0 Å². The van der Waals surface area contributed by atoms with Gasteiger partial charge in [0.05, 0.1) is 6.04 Å². The molecule has 1 fully saturated rings. The summed E-state index contributed by atoms with van der Waals surface area (Å²) >= 11 is 1.30. The van der Waals surface area contributed by atoms with Crippen molar-refractivity contribution in [2.24, 2.45) is 0 Å². The van der Waals surface area contributed by atoms with Gasteiger partial charge in [-0.2, -0.15) is 4.37 Å². The van der Waals surface area contributed by atoms with Gasteiger partial charge in [-0.15, -0.1) is 0 Å². The van der Waals surface area contributed by atoms with E-state index in [4.69, 9.17) is 0 Å². The lowest BCUT2D eigenvalue weighted by Gasteiger charge is -2.31. The van der Waals surface area contributed by atoms with Crippen molar-refractivity contribution in [3.63, 3.8) is 0 Å². The van der Waals surface area contributed by atoms with Crippen molar-refractivity contribution in [1.82, 2.24) is 14.7 Å². The number of hydrogen-bond donors (Lipinski definition) is 3. The maximum Gasteiger partial charge on any atom is 0.204 e. The van der Waals surface area contributed by atoms with Crippen LogP contribution in [0.1, 0.15) is 33.0 Å². The highest BCUT2D eigenvalue weighted by molar-refractivity contribution is 7.09. The standard InChI is InChI=1S/C10H18N4OS/c1-10(2,3)8-13-9(16-14-8)12-7(15)6-4-5-11-6/h6-7,11,15H,4-5H2,1-3H3,(H,12,13,14)/t6-,7?/m0/s1. The summed E-state index contributed by atoms with van der Waals surface area (Å²) in [6.07, 6.45) is 0.425. The second kappa shape index (κ2) is 4.27. The summed E-state index contributed by atoms with van der Waals surface area (Å²) in [6, 6.07) is 0.141. The van der Waals surface area contributed by atoms with Crippen LogP contribution >= 0.6 is 11.5 Å². The summed E-state index contributed by atoms with van der Waals surface area (Å²) in [5.41, 5.74) is -0.0455. The maximum absolute atomic E-state index is 9.80. The van der Waals surface area contributed by atoms with Gasteiger partial charge in [0.1, 0.15) is 12.1 Å². The smallest absolute Gasteiger partial charge is 0.204 e. The van der Waals surface area contributed by atoms with Gasteiger partial charge in [-0.05, 0) is 13.0 Å². The third-order valence-electron chi connectivity index (χ3n) is 2.61. The van der Waals surface area contributed by atoms with Crippen molar-refractivity contribution in [2.45, 2.75) is 44.9 Å². The number of rotatable bonds is 3. The third kappa shape index (κ3) is 2.50. The molecule has 1 aliphatic rings. The van der Waals surface area contributed by atoms with E-state index in [1.165, 1.54) is 11.5 Å². The zero-order chi connectivity index (χ0) is 11.8. The van der Waals surface area contributed by atoms with E-state index in [1.54, 1.807) is 0 Å². The number of nitrogens with one attached hydrogen (secondary N) is 2. The lowest BCUT2D eigenvalue weighted by atomic mass is 9.96. The molecule has 0 aliphatic carbocycles. The predicted octanol–water partition coefficient (Wildman–Crippen LogP) is 0.928. The zero-order valence-electron chi connectivity index (χ0n) is 9.82. The third-order valence-corrected chi connectivity index (χ3v) is 3.26. The largest absolute Gasteiger partial charge is 0.372 e. The van der Waals surface area contributed by atoms with Gasteiger partial charge in [-0.25, -0.2) is 4.98 Å². The molecular weight excluding hydrogens is 224 g/mol. The molecule has 0 saturated carbocycles. The van der Waals surface area contributed by atoms with Gasteiger partial charge >= 0.3 is 0 Å². The van der Waals surface area contributed by atoms with Crippen LogP contribution in [0.3, 0.4) is 0 Å². The average molecular weight is 242 g/mol. The molecule has 90 valence electrons. The summed E-state index contributed by atoms with van der Waals surface area (Å²) in [6.45, 7) is 7.20. The molecule has 2 atom stereocenters. The van der Waals surface area contributed by atoms with Gasteiger partial charge in [0, 0.05) is 16.9 Å². The van der Waals surface area contributed by atoms with Gasteiger partial charge in [0.2, 0.25) is 5.13 Å². The number of aromatic nitrogens is 2. The quantitative estimate of drug-likeness (QED) is 0.688. The lowest BCUT2D eigenvalue weighted by Crippen LogP contribution is -2.53. The molecule has 5 nitrogen and oxygen atoms in total. The Hall–Kier alpha value is -0.720. The molecule has 1 aliphatic heterocycles. The Balaban J connectivity index is 1.97. The Labute approximate surface area is 99.5 Å². The van der Waals surface area contributed by atoms with E-state index in [1.807, 2.05) is 0 Å². The van der Waals surface area contributed by atoms with Crippen LogP contribution in [0.15, 0.2) is 0 Å². The maximum atomic E-state index is 9.80. The predicted molar refractivity (Wildman–Crippen MR) is 64.6 cm³/mol. The minimum absolute atomic E-state index is 0.0455. The minimum Gasteiger partial charge on any atom is -0.372 e. The first kappa shape index (κ1) is 11.8. The molecule has 1 saturated heterocycles. The van der Waals surface area contributed by atoms with Crippen LogP contribution < -0.4 is 10.6 Å². The van der Waals surface area contributed by atoms with E-state index in [-0.39, 0.29) is 11.5 Å². The molecule has 2 rings (SSSR count). The molecule has 1 aromatic rings. The second-order valence-corrected chi connectivity index (χ2v) is 5.86. The van der Waals surface area contributed by atoms with E-state index in [0.29, 0.717) is 5.13 Å². The number of anilines is 1. The summed E-state index contributed by atoms with van der Waals surface area (Å²) in [4.78, 5) is 4.37. The first-order chi connectivity index (χ1) is 7.47. The van der Waals surface area contributed by atoms with Gasteiger partial charge in [0.25, 0.3) is 0 Å². The monoisotopic (exact) mass is 242 g/mol. The Morgan fingerprint density at radius 2 is 2.25 bits per heavy atom. The number of aliphatic hydroxyl groups excluding tert-OH is 1. The van der Waals surface area contributed by atoms with E-state index < -0.39 is 6.23 Å². The average Bonchev–Trinajstić information content (AvgIpc) is 2.47. The van der Waals surface area contributed by atoms with Crippen LogP contribution in [0.25, 0.3) is 0 Å². The second-order valence-electron chi connectivity index (χ2n) is 5.11.